The Labute approximate surface area is 71.8 Å². The van der Waals surface area contributed by atoms with Crippen LogP contribution < -0.4 is 0 Å². The van der Waals surface area contributed by atoms with E-state index in [2.05, 4.69) is 0 Å². The van der Waals surface area contributed by atoms with E-state index < -0.39 is 6.29 Å². The van der Waals surface area contributed by atoms with Crippen molar-refractivity contribution in [3.05, 3.63) is 35.9 Å². The first-order valence-corrected chi connectivity index (χ1v) is 4.25. The van der Waals surface area contributed by atoms with Gasteiger partial charge in [0.25, 0.3) is 0 Å². The van der Waals surface area contributed by atoms with Crippen LogP contribution in [-0.2, 0) is 4.74 Å². The van der Waals surface area contributed by atoms with Crippen LogP contribution in [0.4, 0.5) is 0 Å². The molecule has 2 heteroatoms. The molecule has 1 fully saturated rings. The molecule has 0 aliphatic carbocycles. The van der Waals surface area contributed by atoms with Crippen molar-refractivity contribution >= 4 is 0 Å². The molecule has 1 aromatic carbocycles. The Morgan fingerprint density at radius 2 is 1.92 bits per heavy atom. The van der Waals surface area contributed by atoms with E-state index in [1.165, 1.54) is 0 Å². The Morgan fingerprint density at radius 3 is 2.50 bits per heavy atom. The number of hydrogen-bond acceptors (Lipinski definition) is 2. The monoisotopic (exact) mass is 164 g/mol. The Kier molecular flexibility index (Phi) is 2.11. The predicted molar refractivity (Wildman–Crippen MR) is 45.5 cm³/mol. The molecule has 1 aromatic rings. The molecular formula is C10H12O2. The summed E-state index contributed by atoms with van der Waals surface area (Å²) in [6.07, 6.45) is 1.21. The zero-order valence-electron chi connectivity index (χ0n) is 6.81. The smallest absolute Gasteiger partial charge is 0.155 e. The molecule has 12 heavy (non-hydrogen) atoms. The normalized spacial score (nSPS) is 29.1. The average Bonchev–Trinajstić information content (AvgIpc) is 2.54. The molecule has 0 aromatic heterocycles. The summed E-state index contributed by atoms with van der Waals surface area (Å²) in [6.45, 7) is 0. The minimum Gasteiger partial charge on any atom is -0.368 e. The maximum atomic E-state index is 9.14. The largest absolute Gasteiger partial charge is 0.368 e. The predicted octanol–water partition coefficient (Wildman–Crippen LogP) is 1.86. The molecule has 0 bridgehead atoms. The first-order chi connectivity index (χ1) is 5.86. The van der Waals surface area contributed by atoms with E-state index in [-0.39, 0.29) is 6.10 Å². The van der Waals surface area contributed by atoms with Gasteiger partial charge in [0.05, 0.1) is 6.10 Å². The number of ether oxygens (including phenoxy) is 1. The van der Waals surface area contributed by atoms with Crippen LogP contribution in [0.25, 0.3) is 0 Å². The van der Waals surface area contributed by atoms with E-state index in [4.69, 9.17) is 9.84 Å². The summed E-state index contributed by atoms with van der Waals surface area (Å²) < 4.78 is 5.30. The summed E-state index contributed by atoms with van der Waals surface area (Å²) in [5, 5.41) is 9.14. The lowest BCUT2D eigenvalue weighted by Crippen LogP contribution is -2.03. The second-order valence-electron chi connectivity index (χ2n) is 3.07. The number of rotatable bonds is 1. The summed E-state index contributed by atoms with van der Waals surface area (Å²) in [7, 11) is 0. The van der Waals surface area contributed by atoms with Gasteiger partial charge in [-0.2, -0.15) is 0 Å². The molecule has 0 radical (unpaired) electrons. The molecule has 0 saturated carbocycles. The summed E-state index contributed by atoms with van der Waals surface area (Å²) >= 11 is 0. The van der Waals surface area contributed by atoms with Crippen LogP contribution in [0.1, 0.15) is 24.5 Å². The third kappa shape index (κ3) is 1.49. The molecule has 2 nitrogen and oxygen atoms in total. The summed E-state index contributed by atoms with van der Waals surface area (Å²) in [4.78, 5) is 0. The van der Waals surface area contributed by atoms with Crippen molar-refractivity contribution in [3.63, 3.8) is 0 Å². The zero-order valence-corrected chi connectivity index (χ0v) is 6.81. The van der Waals surface area contributed by atoms with Gasteiger partial charge >= 0.3 is 0 Å². The lowest BCUT2D eigenvalue weighted by Gasteiger charge is -2.09. The second-order valence-corrected chi connectivity index (χ2v) is 3.07. The van der Waals surface area contributed by atoms with Crippen molar-refractivity contribution in [1.82, 2.24) is 0 Å². The highest BCUT2D eigenvalue weighted by Gasteiger charge is 2.23. The van der Waals surface area contributed by atoms with Gasteiger partial charge < -0.3 is 9.84 Å². The molecule has 64 valence electrons. The topological polar surface area (TPSA) is 29.5 Å². The molecule has 1 aliphatic rings. The SMILES string of the molecule is O[C@@H]1CC[C@H](c2ccccc2)O1. The van der Waals surface area contributed by atoms with Crippen molar-refractivity contribution in [2.45, 2.75) is 25.2 Å². The van der Waals surface area contributed by atoms with Gasteiger partial charge in [-0.3, -0.25) is 0 Å². The van der Waals surface area contributed by atoms with Gasteiger partial charge in [-0.15, -0.1) is 0 Å². The van der Waals surface area contributed by atoms with Crippen molar-refractivity contribution < 1.29 is 9.84 Å². The van der Waals surface area contributed by atoms with Gasteiger partial charge in [0.2, 0.25) is 0 Å². The van der Waals surface area contributed by atoms with Gasteiger partial charge in [-0.25, -0.2) is 0 Å². The van der Waals surface area contributed by atoms with Crippen LogP contribution in [0.15, 0.2) is 30.3 Å². The molecule has 1 heterocycles. The van der Waals surface area contributed by atoms with Gasteiger partial charge in [-0.05, 0) is 12.0 Å². The maximum Gasteiger partial charge on any atom is 0.155 e. The molecular weight excluding hydrogens is 152 g/mol. The highest BCUT2D eigenvalue weighted by molar-refractivity contribution is 5.18. The third-order valence-corrected chi connectivity index (χ3v) is 2.17. The third-order valence-electron chi connectivity index (χ3n) is 2.17. The fourth-order valence-electron chi connectivity index (χ4n) is 1.53. The highest BCUT2D eigenvalue weighted by Crippen LogP contribution is 2.30. The van der Waals surface area contributed by atoms with Crippen molar-refractivity contribution in [2.75, 3.05) is 0 Å². The van der Waals surface area contributed by atoms with Crippen molar-refractivity contribution in [3.8, 4) is 0 Å². The van der Waals surface area contributed by atoms with Crippen LogP contribution in [0.2, 0.25) is 0 Å². The molecule has 0 amide bonds. The number of hydrogen-bond donors (Lipinski definition) is 1. The van der Waals surface area contributed by atoms with Gasteiger partial charge in [0, 0.05) is 6.42 Å². The fourth-order valence-corrected chi connectivity index (χ4v) is 1.53. The van der Waals surface area contributed by atoms with Crippen LogP contribution in [0.5, 0.6) is 0 Å². The van der Waals surface area contributed by atoms with Crippen LogP contribution in [-0.4, -0.2) is 11.4 Å². The lowest BCUT2D eigenvalue weighted by atomic mass is 10.1. The van der Waals surface area contributed by atoms with E-state index >= 15 is 0 Å². The van der Waals surface area contributed by atoms with E-state index in [0.29, 0.717) is 0 Å². The number of aliphatic hydroxyl groups excluding tert-OH is 1. The highest BCUT2D eigenvalue weighted by atomic mass is 16.6. The van der Waals surface area contributed by atoms with Crippen molar-refractivity contribution in [1.29, 1.82) is 0 Å². The quantitative estimate of drug-likeness (QED) is 0.686. The molecule has 2 rings (SSSR count). The van der Waals surface area contributed by atoms with E-state index in [1.54, 1.807) is 0 Å². The summed E-state index contributed by atoms with van der Waals surface area (Å²) in [5.41, 5.74) is 1.16. The van der Waals surface area contributed by atoms with Gasteiger partial charge in [0.1, 0.15) is 0 Å². The zero-order chi connectivity index (χ0) is 8.39. The molecule has 1 saturated heterocycles. The molecule has 0 spiro atoms. The van der Waals surface area contributed by atoms with E-state index in [1.807, 2.05) is 30.3 Å². The Bertz CT molecular complexity index is 245. The van der Waals surface area contributed by atoms with Crippen LogP contribution in [0, 0.1) is 0 Å². The molecule has 1 aliphatic heterocycles. The Balaban J connectivity index is 2.11. The Morgan fingerprint density at radius 1 is 1.17 bits per heavy atom. The first-order valence-electron chi connectivity index (χ1n) is 4.25. The minimum absolute atomic E-state index is 0.0983. The van der Waals surface area contributed by atoms with Crippen LogP contribution in [0.3, 0.4) is 0 Å². The average molecular weight is 164 g/mol. The fraction of sp³-hybridized carbons (Fsp3) is 0.400. The molecule has 1 N–H and O–H groups in total. The molecule has 0 unspecified atom stereocenters. The van der Waals surface area contributed by atoms with E-state index in [0.717, 1.165) is 18.4 Å². The Hall–Kier alpha value is -0.860. The number of benzene rings is 1. The number of aliphatic hydroxyl groups is 1. The van der Waals surface area contributed by atoms with Crippen molar-refractivity contribution in [2.24, 2.45) is 0 Å². The second kappa shape index (κ2) is 3.25. The minimum atomic E-state index is -0.560. The van der Waals surface area contributed by atoms with Gasteiger partial charge in [0.15, 0.2) is 6.29 Å². The summed E-state index contributed by atoms with van der Waals surface area (Å²) in [6, 6.07) is 10.0. The summed E-state index contributed by atoms with van der Waals surface area (Å²) in [5.74, 6) is 0. The first kappa shape index (κ1) is 7.77. The standard InChI is InChI=1S/C10H12O2/c11-10-7-6-9(12-10)8-4-2-1-3-5-8/h1-5,9-11H,6-7H2/t9-,10+/m1/s1. The van der Waals surface area contributed by atoms with E-state index in [9.17, 15) is 0 Å². The van der Waals surface area contributed by atoms with Gasteiger partial charge in [-0.1, -0.05) is 30.3 Å². The molecule has 2 atom stereocenters. The maximum absolute atomic E-state index is 9.14. The van der Waals surface area contributed by atoms with Crippen LogP contribution >= 0.6 is 0 Å². The lowest BCUT2D eigenvalue weighted by molar-refractivity contribution is -0.0913.